The molecule has 2 unspecified atom stereocenters. The van der Waals surface area contributed by atoms with E-state index >= 15 is 0 Å². The smallest absolute Gasteiger partial charge is 0.335 e. The molecule has 1 saturated heterocycles. The summed E-state index contributed by atoms with van der Waals surface area (Å²) in [5.74, 6) is -3.59. The highest BCUT2D eigenvalue weighted by molar-refractivity contribution is 6.22. The number of imide groups is 1. The van der Waals surface area contributed by atoms with Crippen LogP contribution in [0, 0.1) is 17.7 Å². The Bertz CT molecular complexity index is 619. The first-order chi connectivity index (χ1) is 10.0. The number of halogens is 1. The Labute approximate surface area is 120 Å². The van der Waals surface area contributed by atoms with Gasteiger partial charge >= 0.3 is 5.97 Å². The third-order valence-electron chi connectivity index (χ3n) is 4.28. The molecule has 0 bridgehead atoms. The van der Waals surface area contributed by atoms with Crippen molar-refractivity contribution in [2.45, 2.75) is 25.7 Å². The van der Waals surface area contributed by atoms with Crippen LogP contribution in [0.4, 0.5) is 10.1 Å². The summed E-state index contributed by atoms with van der Waals surface area (Å²) in [5.41, 5.74) is -0.402. The molecular weight excluding hydrogens is 277 g/mol. The van der Waals surface area contributed by atoms with Crippen molar-refractivity contribution in [3.8, 4) is 0 Å². The van der Waals surface area contributed by atoms with Gasteiger partial charge in [0.15, 0.2) is 0 Å². The highest BCUT2D eigenvalue weighted by atomic mass is 19.1. The Morgan fingerprint density at radius 3 is 2.24 bits per heavy atom. The normalized spacial score (nSPS) is 25.1. The second-order valence-corrected chi connectivity index (χ2v) is 5.48. The summed E-state index contributed by atoms with van der Waals surface area (Å²) >= 11 is 0. The van der Waals surface area contributed by atoms with Gasteiger partial charge in [-0.05, 0) is 31.0 Å². The van der Waals surface area contributed by atoms with E-state index in [0.29, 0.717) is 12.8 Å². The van der Waals surface area contributed by atoms with E-state index in [-0.39, 0.29) is 23.1 Å². The lowest BCUT2D eigenvalue weighted by Gasteiger charge is -2.19. The maximum Gasteiger partial charge on any atom is 0.335 e. The van der Waals surface area contributed by atoms with E-state index in [1.807, 2.05) is 0 Å². The molecule has 1 aliphatic heterocycles. The molecule has 2 aliphatic rings. The minimum atomic E-state index is -1.23. The maximum absolute atomic E-state index is 14.0. The molecule has 3 rings (SSSR count). The SMILES string of the molecule is O=C(O)c1ccc(F)c(N2C(=O)C3CCCCC3C2=O)c1. The molecule has 2 fully saturated rings. The minimum Gasteiger partial charge on any atom is -0.478 e. The number of carbonyl (C=O) groups excluding carboxylic acids is 2. The zero-order valence-electron chi connectivity index (χ0n) is 11.2. The lowest BCUT2D eigenvalue weighted by Crippen LogP contribution is -2.31. The summed E-state index contributed by atoms with van der Waals surface area (Å²) in [6, 6.07) is 3.13. The zero-order chi connectivity index (χ0) is 15.1. The molecule has 1 N–H and O–H groups in total. The third-order valence-corrected chi connectivity index (χ3v) is 4.28. The summed E-state index contributed by atoms with van der Waals surface area (Å²) in [7, 11) is 0. The molecule has 110 valence electrons. The molecule has 1 saturated carbocycles. The molecule has 5 nitrogen and oxygen atoms in total. The van der Waals surface area contributed by atoms with E-state index in [0.717, 1.165) is 35.9 Å². The van der Waals surface area contributed by atoms with Crippen LogP contribution in [0.1, 0.15) is 36.0 Å². The summed E-state index contributed by atoms with van der Waals surface area (Å²) < 4.78 is 14.0. The van der Waals surface area contributed by atoms with Crippen molar-refractivity contribution < 1.29 is 23.9 Å². The molecule has 1 aliphatic carbocycles. The van der Waals surface area contributed by atoms with E-state index in [4.69, 9.17) is 5.11 Å². The van der Waals surface area contributed by atoms with E-state index in [1.165, 1.54) is 0 Å². The molecule has 2 atom stereocenters. The maximum atomic E-state index is 14.0. The lowest BCUT2D eigenvalue weighted by atomic mass is 9.81. The monoisotopic (exact) mass is 291 g/mol. The van der Waals surface area contributed by atoms with Crippen molar-refractivity contribution in [3.63, 3.8) is 0 Å². The van der Waals surface area contributed by atoms with Gasteiger partial charge in [-0.15, -0.1) is 0 Å². The van der Waals surface area contributed by atoms with Gasteiger partial charge in [-0.3, -0.25) is 9.59 Å². The minimum absolute atomic E-state index is 0.151. The van der Waals surface area contributed by atoms with E-state index < -0.39 is 23.6 Å². The summed E-state index contributed by atoms with van der Waals surface area (Å²) in [6.45, 7) is 0. The van der Waals surface area contributed by atoms with Crippen LogP contribution in [-0.2, 0) is 9.59 Å². The van der Waals surface area contributed by atoms with Gasteiger partial charge in [-0.2, -0.15) is 0 Å². The van der Waals surface area contributed by atoms with Crippen LogP contribution in [0.25, 0.3) is 0 Å². The average Bonchev–Trinajstić information content (AvgIpc) is 2.72. The molecule has 0 radical (unpaired) electrons. The van der Waals surface area contributed by atoms with Crippen LogP contribution in [0.15, 0.2) is 18.2 Å². The Kier molecular flexibility index (Phi) is 3.23. The van der Waals surface area contributed by atoms with Gasteiger partial charge < -0.3 is 5.11 Å². The molecule has 2 amide bonds. The molecular formula is C15H14FNO4. The topological polar surface area (TPSA) is 74.7 Å². The van der Waals surface area contributed by atoms with Crippen LogP contribution in [0.2, 0.25) is 0 Å². The lowest BCUT2D eigenvalue weighted by molar-refractivity contribution is -0.122. The molecule has 6 heteroatoms. The number of carboxylic acid groups (broad SMARTS) is 1. The number of amides is 2. The van der Waals surface area contributed by atoms with Crippen molar-refractivity contribution >= 4 is 23.5 Å². The quantitative estimate of drug-likeness (QED) is 0.848. The number of rotatable bonds is 2. The first kappa shape index (κ1) is 13.7. The fraction of sp³-hybridized carbons (Fsp3) is 0.400. The number of fused-ring (bicyclic) bond motifs is 1. The van der Waals surface area contributed by atoms with Crippen LogP contribution in [0.3, 0.4) is 0 Å². The van der Waals surface area contributed by atoms with Gasteiger partial charge in [-0.1, -0.05) is 12.8 Å². The second-order valence-electron chi connectivity index (χ2n) is 5.48. The number of hydrogen-bond acceptors (Lipinski definition) is 3. The van der Waals surface area contributed by atoms with Gasteiger partial charge in [-0.25, -0.2) is 14.1 Å². The molecule has 1 aromatic rings. The average molecular weight is 291 g/mol. The Balaban J connectivity index is 2.04. The van der Waals surface area contributed by atoms with Crippen molar-refractivity contribution in [1.29, 1.82) is 0 Å². The fourth-order valence-electron chi connectivity index (χ4n) is 3.22. The van der Waals surface area contributed by atoms with Gasteiger partial charge in [0.2, 0.25) is 11.8 Å². The molecule has 1 aromatic carbocycles. The first-order valence-corrected chi connectivity index (χ1v) is 6.91. The predicted molar refractivity (Wildman–Crippen MR) is 71.3 cm³/mol. The van der Waals surface area contributed by atoms with Crippen LogP contribution in [0.5, 0.6) is 0 Å². The van der Waals surface area contributed by atoms with Crippen LogP contribution in [-0.4, -0.2) is 22.9 Å². The number of carboxylic acids is 1. The number of nitrogens with zero attached hydrogens (tertiary/aromatic N) is 1. The largest absolute Gasteiger partial charge is 0.478 e. The van der Waals surface area contributed by atoms with Gasteiger partial charge in [0, 0.05) is 0 Å². The highest BCUT2D eigenvalue weighted by Gasteiger charge is 2.49. The third kappa shape index (κ3) is 2.11. The molecule has 0 spiro atoms. The second kappa shape index (κ2) is 4.95. The first-order valence-electron chi connectivity index (χ1n) is 6.91. The van der Waals surface area contributed by atoms with Crippen molar-refractivity contribution in [1.82, 2.24) is 0 Å². The number of hydrogen-bond donors (Lipinski definition) is 1. The summed E-state index contributed by atoms with van der Waals surface area (Å²) in [5, 5.41) is 8.97. The van der Waals surface area contributed by atoms with E-state index in [2.05, 4.69) is 0 Å². The summed E-state index contributed by atoms with van der Waals surface area (Å²) in [4.78, 5) is 36.6. The highest BCUT2D eigenvalue weighted by Crippen LogP contribution is 2.40. The van der Waals surface area contributed by atoms with Crippen LogP contribution >= 0.6 is 0 Å². The fourth-order valence-corrected chi connectivity index (χ4v) is 3.22. The Morgan fingerprint density at radius 2 is 1.71 bits per heavy atom. The van der Waals surface area contributed by atoms with E-state index in [9.17, 15) is 18.8 Å². The number of anilines is 1. The van der Waals surface area contributed by atoms with Gasteiger partial charge in [0.05, 0.1) is 23.1 Å². The number of carbonyl (C=O) groups is 3. The zero-order valence-corrected chi connectivity index (χ0v) is 11.2. The van der Waals surface area contributed by atoms with Crippen molar-refractivity contribution in [2.75, 3.05) is 4.90 Å². The van der Waals surface area contributed by atoms with E-state index in [1.54, 1.807) is 0 Å². The number of benzene rings is 1. The Morgan fingerprint density at radius 1 is 1.14 bits per heavy atom. The van der Waals surface area contributed by atoms with Gasteiger partial charge in [0.1, 0.15) is 5.82 Å². The van der Waals surface area contributed by atoms with Gasteiger partial charge in [0.25, 0.3) is 0 Å². The predicted octanol–water partition coefficient (Wildman–Crippen LogP) is 2.20. The molecule has 0 aromatic heterocycles. The standard InChI is InChI=1S/C15H14FNO4/c16-11-6-5-8(15(20)21)7-12(11)17-13(18)9-3-1-2-4-10(9)14(17)19/h5-7,9-10H,1-4H2,(H,20,21). The molecule has 1 heterocycles. The number of aromatic carboxylic acids is 1. The molecule has 21 heavy (non-hydrogen) atoms. The van der Waals surface area contributed by atoms with Crippen molar-refractivity contribution in [2.24, 2.45) is 11.8 Å². The van der Waals surface area contributed by atoms with Crippen molar-refractivity contribution in [3.05, 3.63) is 29.6 Å². The summed E-state index contributed by atoms with van der Waals surface area (Å²) in [6.07, 6.45) is 3.02. The van der Waals surface area contributed by atoms with Crippen LogP contribution < -0.4 is 4.90 Å². The Hall–Kier alpha value is -2.24.